The molecule has 1 aromatic carbocycles. The SMILES string of the molecule is CCC(Br)C(=O)c1cn(C)c2cc(C)ccc12. The smallest absolute Gasteiger partial charge is 0.178 e. The molecule has 0 spiro atoms. The van der Waals surface area contributed by atoms with Crippen LogP contribution >= 0.6 is 15.9 Å². The second-order valence-electron chi connectivity index (χ2n) is 4.41. The Bertz CT molecular complexity index is 571. The number of hydrogen-bond acceptors (Lipinski definition) is 1. The monoisotopic (exact) mass is 293 g/mol. The third kappa shape index (κ3) is 2.16. The average molecular weight is 294 g/mol. The van der Waals surface area contributed by atoms with Crippen LogP contribution in [0.4, 0.5) is 0 Å². The number of rotatable bonds is 3. The number of aromatic nitrogens is 1. The summed E-state index contributed by atoms with van der Waals surface area (Å²) in [6, 6.07) is 6.20. The highest BCUT2D eigenvalue weighted by Gasteiger charge is 2.19. The maximum atomic E-state index is 12.2. The Hall–Kier alpha value is -1.09. The van der Waals surface area contributed by atoms with Gasteiger partial charge in [-0.05, 0) is 25.0 Å². The van der Waals surface area contributed by atoms with Crippen molar-refractivity contribution in [2.24, 2.45) is 7.05 Å². The molecule has 1 atom stereocenters. The molecule has 2 rings (SSSR count). The van der Waals surface area contributed by atoms with E-state index in [1.165, 1.54) is 5.56 Å². The predicted molar refractivity (Wildman–Crippen MR) is 75.0 cm³/mol. The topological polar surface area (TPSA) is 22.0 Å². The van der Waals surface area contributed by atoms with Crippen LogP contribution < -0.4 is 0 Å². The van der Waals surface area contributed by atoms with E-state index < -0.39 is 0 Å². The summed E-state index contributed by atoms with van der Waals surface area (Å²) in [6.45, 7) is 4.07. The van der Waals surface area contributed by atoms with Gasteiger partial charge in [-0.2, -0.15) is 0 Å². The third-order valence-electron chi connectivity index (χ3n) is 3.05. The number of aryl methyl sites for hydroxylation is 2. The second kappa shape index (κ2) is 4.65. The molecule has 1 unspecified atom stereocenters. The molecule has 0 aliphatic carbocycles. The van der Waals surface area contributed by atoms with Gasteiger partial charge in [-0.15, -0.1) is 0 Å². The van der Waals surface area contributed by atoms with E-state index in [-0.39, 0.29) is 10.6 Å². The fourth-order valence-electron chi connectivity index (χ4n) is 2.04. The Morgan fingerprint density at radius 2 is 2.18 bits per heavy atom. The van der Waals surface area contributed by atoms with Crippen molar-refractivity contribution in [2.75, 3.05) is 0 Å². The molecule has 17 heavy (non-hydrogen) atoms. The van der Waals surface area contributed by atoms with Gasteiger partial charge in [0.2, 0.25) is 0 Å². The maximum absolute atomic E-state index is 12.2. The summed E-state index contributed by atoms with van der Waals surface area (Å²) in [5.74, 6) is 0.168. The van der Waals surface area contributed by atoms with Crippen molar-refractivity contribution >= 4 is 32.6 Å². The van der Waals surface area contributed by atoms with E-state index >= 15 is 0 Å². The Balaban J connectivity index is 2.60. The van der Waals surface area contributed by atoms with Gasteiger partial charge in [-0.3, -0.25) is 4.79 Å². The molecule has 0 amide bonds. The quantitative estimate of drug-likeness (QED) is 0.622. The number of Topliss-reactive ketones (excluding diaryl/α,β-unsaturated/α-hetero) is 1. The molecule has 0 saturated carbocycles. The summed E-state index contributed by atoms with van der Waals surface area (Å²) in [5.41, 5.74) is 3.14. The van der Waals surface area contributed by atoms with Gasteiger partial charge in [0.05, 0.1) is 4.83 Å². The molecule has 1 aromatic heterocycles. The van der Waals surface area contributed by atoms with Crippen LogP contribution in [0.15, 0.2) is 24.4 Å². The zero-order chi connectivity index (χ0) is 12.6. The van der Waals surface area contributed by atoms with E-state index in [1.54, 1.807) is 0 Å². The Morgan fingerprint density at radius 3 is 2.82 bits per heavy atom. The lowest BCUT2D eigenvalue weighted by Crippen LogP contribution is -2.12. The van der Waals surface area contributed by atoms with Gasteiger partial charge in [-0.1, -0.05) is 35.0 Å². The first-order chi connectivity index (χ1) is 8.04. The number of fused-ring (bicyclic) bond motifs is 1. The zero-order valence-electron chi connectivity index (χ0n) is 10.3. The van der Waals surface area contributed by atoms with Crippen LogP contribution in [-0.4, -0.2) is 15.2 Å². The number of alkyl halides is 1. The number of ketones is 1. The lowest BCUT2D eigenvalue weighted by atomic mass is 10.0. The molecule has 0 fully saturated rings. The predicted octanol–water partition coefficient (Wildman–Crippen LogP) is 3.84. The fraction of sp³-hybridized carbons (Fsp3) is 0.357. The summed E-state index contributed by atoms with van der Waals surface area (Å²) in [7, 11) is 1.98. The average Bonchev–Trinajstić information content (AvgIpc) is 2.64. The molecule has 1 heterocycles. The van der Waals surface area contributed by atoms with Crippen LogP contribution in [0.25, 0.3) is 10.9 Å². The Kier molecular flexibility index (Phi) is 3.38. The normalized spacial score (nSPS) is 12.9. The summed E-state index contributed by atoms with van der Waals surface area (Å²) < 4.78 is 2.02. The van der Waals surface area contributed by atoms with Crippen molar-refractivity contribution in [1.82, 2.24) is 4.57 Å². The van der Waals surface area contributed by atoms with Gasteiger partial charge < -0.3 is 4.57 Å². The van der Waals surface area contributed by atoms with Crippen LogP contribution in [0.2, 0.25) is 0 Å². The molecule has 90 valence electrons. The van der Waals surface area contributed by atoms with Crippen molar-refractivity contribution in [3.8, 4) is 0 Å². The first kappa shape index (κ1) is 12.4. The Morgan fingerprint density at radius 1 is 1.47 bits per heavy atom. The van der Waals surface area contributed by atoms with Gasteiger partial charge in [0.1, 0.15) is 0 Å². The van der Waals surface area contributed by atoms with Crippen molar-refractivity contribution in [1.29, 1.82) is 0 Å². The number of hydrogen-bond donors (Lipinski definition) is 0. The number of benzene rings is 1. The van der Waals surface area contributed by atoms with Gasteiger partial charge in [0, 0.05) is 29.7 Å². The van der Waals surface area contributed by atoms with Gasteiger partial charge in [0.15, 0.2) is 5.78 Å². The highest BCUT2D eigenvalue weighted by molar-refractivity contribution is 9.10. The van der Waals surface area contributed by atoms with E-state index in [0.717, 1.165) is 22.9 Å². The van der Waals surface area contributed by atoms with Gasteiger partial charge in [-0.25, -0.2) is 0 Å². The van der Waals surface area contributed by atoms with Crippen LogP contribution in [0.1, 0.15) is 29.3 Å². The van der Waals surface area contributed by atoms with Crippen LogP contribution in [0, 0.1) is 6.92 Å². The first-order valence-corrected chi connectivity index (χ1v) is 6.70. The van der Waals surface area contributed by atoms with Crippen molar-refractivity contribution < 1.29 is 4.79 Å². The van der Waals surface area contributed by atoms with E-state index in [2.05, 4.69) is 28.9 Å². The summed E-state index contributed by atoms with van der Waals surface area (Å²) in [6.07, 6.45) is 2.73. The minimum absolute atomic E-state index is 0.0885. The lowest BCUT2D eigenvalue weighted by Gasteiger charge is -2.04. The number of carbonyl (C=O) groups excluding carboxylic acids is 1. The number of nitrogens with zero attached hydrogens (tertiary/aromatic N) is 1. The third-order valence-corrected chi connectivity index (χ3v) is 4.12. The standard InChI is InChI=1S/C14H16BrNO/c1-4-12(15)14(17)11-8-16(3)13-7-9(2)5-6-10(11)13/h5-8,12H,4H2,1-3H3. The number of carbonyl (C=O) groups is 1. The summed E-state index contributed by atoms with van der Waals surface area (Å²) in [5, 5.41) is 1.04. The van der Waals surface area contributed by atoms with Crippen LogP contribution in [-0.2, 0) is 7.05 Å². The highest BCUT2D eigenvalue weighted by atomic mass is 79.9. The second-order valence-corrected chi connectivity index (χ2v) is 5.52. The van der Waals surface area contributed by atoms with E-state index in [0.29, 0.717) is 0 Å². The highest BCUT2D eigenvalue weighted by Crippen LogP contribution is 2.25. The molecule has 0 bridgehead atoms. The minimum Gasteiger partial charge on any atom is -0.350 e. The van der Waals surface area contributed by atoms with Crippen LogP contribution in [0.3, 0.4) is 0 Å². The van der Waals surface area contributed by atoms with E-state index in [4.69, 9.17) is 0 Å². The van der Waals surface area contributed by atoms with Gasteiger partial charge >= 0.3 is 0 Å². The van der Waals surface area contributed by atoms with E-state index in [9.17, 15) is 4.79 Å². The largest absolute Gasteiger partial charge is 0.350 e. The van der Waals surface area contributed by atoms with Crippen molar-refractivity contribution in [2.45, 2.75) is 25.1 Å². The Labute approximate surface area is 110 Å². The summed E-state index contributed by atoms with van der Waals surface area (Å²) in [4.78, 5) is 12.1. The van der Waals surface area contributed by atoms with E-state index in [1.807, 2.05) is 36.9 Å². The summed E-state index contributed by atoms with van der Waals surface area (Å²) >= 11 is 3.43. The molecule has 2 aromatic rings. The zero-order valence-corrected chi connectivity index (χ0v) is 11.9. The fourth-order valence-corrected chi connectivity index (χ4v) is 2.29. The lowest BCUT2D eigenvalue weighted by molar-refractivity contribution is 0.0991. The van der Waals surface area contributed by atoms with Crippen molar-refractivity contribution in [3.05, 3.63) is 35.5 Å². The van der Waals surface area contributed by atoms with Gasteiger partial charge in [0.25, 0.3) is 0 Å². The molecule has 2 nitrogen and oxygen atoms in total. The minimum atomic E-state index is -0.0885. The first-order valence-electron chi connectivity index (χ1n) is 5.78. The molecule has 3 heteroatoms. The molecule has 0 aliphatic rings. The molecule has 0 N–H and O–H groups in total. The van der Waals surface area contributed by atoms with Crippen LogP contribution in [0.5, 0.6) is 0 Å². The molecular weight excluding hydrogens is 278 g/mol. The molecular formula is C14H16BrNO. The van der Waals surface area contributed by atoms with Crippen molar-refractivity contribution in [3.63, 3.8) is 0 Å². The molecule has 0 aliphatic heterocycles. The molecule has 0 saturated heterocycles. The molecule has 0 radical (unpaired) electrons. The maximum Gasteiger partial charge on any atom is 0.178 e. The number of halogens is 1.